The molecule has 0 bridgehead atoms. The molecule has 1 atom stereocenters. The van der Waals surface area contributed by atoms with E-state index in [2.05, 4.69) is 14.6 Å². The van der Waals surface area contributed by atoms with Crippen LogP contribution in [0.15, 0.2) is 35.4 Å². The average molecular weight is 477 g/mol. The SMILES string of the molecule is Cc1ccc(F)cc1S(=O)(=O)Nc1cc(C(=O)O)cnc1N1CCC[C@@H](CN2CCCC2)C1. The quantitative estimate of drug-likeness (QED) is 0.632. The van der Waals surface area contributed by atoms with E-state index in [1.165, 1.54) is 37.2 Å². The van der Waals surface area contributed by atoms with Gasteiger partial charge >= 0.3 is 5.97 Å². The molecule has 0 spiro atoms. The predicted octanol–water partition coefficient (Wildman–Crippen LogP) is 3.34. The Labute approximate surface area is 193 Å². The summed E-state index contributed by atoms with van der Waals surface area (Å²) in [5.41, 5.74) is 0.342. The maximum Gasteiger partial charge on any atom is 0.337 e. The van der Waals surface area contributed by atoms with Gasteiger partial charge in [0.1, 0.15) is 5.82 Å². The van der Waals surface area contributed by atoms with Gasteiger partial charge in [-0.15, -0.1) is 0 Å². The van der Waals surface area contributed by atoms with Gasteiger partial charge in [-0.3, -0.25) is 4.72 Å². The van der Waals surface area contributed by atoms with Gasteiger partial charge in [-0.05, 0) is 75.4 Å². The summed E-state index contributed by atoms with van der Waals surface area (Å²) < 4.78 is 42.5. The van der Waals surface area contributed by atoms with Gasteiger partial charge < -0.3 is 14.9 Å². The fourth-order valence-electron chi connectivity index (χ4n) is 4.70. The molecule has 0 radical (unpaired) electrons. The van der Waals surface area contributed by atoms with Gasteiger partial charge in [0, 0.05) is 25.8 Å². The van der Waals surface area contributed by atoms with Crippen molar-refractivity contribution in [2.24, 2.45) is 5.92 Å². The first-order chi connectivity index (χ1) is 15.7. The first-order valence-corrected chi connectivity index (χ1v) is 12.7. The van der Waals surface area contributed by atoms with E-state index < -0.39 is 21.8 Å². The fraction of sp³-hybridized carbons (Fsp3) is 0.478. The monoisotopic (exact) mass is 476 g/mol. The summed E-state index contributed by atoms with van der Waals surface area (Å²) in [5.74, 6) is -1.06. The summed E-state index contributed by atoms with van der Waals surface area (Å²) in [6.45, 7) is 6.20. The number of rotatable bonds is 7. The van der Waals surface area contributed by atoms with Crippen molar-refractivity contribution in [2.45, 2.75) is 37.5 Å². The minimum atomic E-state index is -4.16. The zero-order valence-corrected chi connectivity index (χ0v) is 19.4. The molecular formula is C23H29FN4O4S. The average Bonchev–Trinajstić information content (AvgIpc) is 3.28. The number of nitrogens with one attached hydrogen (secondary N) is 1. The first kappa shape index (κ1) is 23.4. The third kappa shape index (κ3) is 5.44. The van der Waals surface area contributed by atoms with Crippen LogP contribution in [0.2, 0.25) is 0 Å². The Morgan fingerprint density at radius 3 is 2.70 bits per heavy atom. The lowest BCUT2D eigenvalue weighted by Crippen LogP contribution is -2.41. The number of carboxylic acid groups (broad SMARTS) is 1. The van der Waals surface area contributed by atoms with E-state index in [-0.39, 0.29) is 16.1 Å². The number of anilines is 2. The number of carboxylic acids is 1. The molecule has 1 aromatic carbocycles. The van der Waals surface area contributed by atoms with Crippen molar-refractivity contribution < 1.29 is 22.7 Å². The second kappa shape index (κ2) is 9.64. The van der Waals surface area contributed by atoms with Crippen LogP contribution in [0, 0.1) is 18.7 Å². The van der Waals surface area contributed by atoms with E-state index in [1.54, 1.807) is 6.92 Å². The van der Waals surface area contributed by atoms with E-state index in [9.17, 15) is 22.7 Å². The molecule has 2 N–H and O–H groups in total. The summed E-state index contributed by atoms with van der Waals surface area (Å²) >= 11 is 0. The number of aromatic nitrogens is 1. The summed E-state index contributed by atoms with van der Waals surface area (Å²) in [5, 5.41) is 9.42. The Morgan fingerprint density at radius 2 is 1.97 bits per heavy atom. The molecule has 33 heavy (non-hydrogen) atoms. The molecule has 2 aliphatic rings. The molecule has 10 heteroatoms. The fourth-order valence-corrected chi connectivity index (χ4v) is 6.01. The van der Waals surface area contributed by atoms with Crippen LogP contribution >= 0.6 is 0 Å². The van der Waals surface area contributed by atoms with E-state index >= 15 is 0 Å². The van der Waals surface area contributed by atoms with Gasteiger partial charge in [-0.1, -0.05) is 6.07 Å². The largest absolute Gasteiger partial charge is 0.478 e. The number of pyridine rings is 1. The first-order valence-electron chi connectivity index (χ1n) is 11.2. The maximum atomic E-state index is 13.8. The van der Waals surface area contributed by atoms with Crippen molar-refractivity contribution in [1.29, 1.82) is 0 Å². The number of carbonyl (C=O) groups is 1. The number of likely N-dealkylation sites (tertiary alicyclic amines) is 1. The van der Waals surface area contributed by atoms with E-state index in [0.29, 0.717) is 30.4 Å². The smallest absolute Gasteiger partial charge is 0.337 e. The molecule has 2 saturated heterocycles. The Hall–Kier alpha value is -2.72. The van der Waals surface area contributed by atoms with Gasteiger partial charge in [-0.2, -0.15) is 0 Å². The van der Waals surface area contributed by atoms with Crippen molar-refractivity contribution in [1.82, 2.24) is 9.88 Å². The molecular weight excluding hydrogens is 447 g/mol. The van der Waals surface area contributed by atoms with Crippen molar-refractivity contribution in [3.63, 3.8) is 0 Å². The minimum absolute atomic E-state index is 0.0837. The third-order valence-corrected chi connectivity index (χ3v) is 7.84. The maximum absolute atomic E-state index is 13.8. The van der Waals surface area contributed by atoms with E-state index in [4.69, 9.17) is 0 Å². The highest BCUT2D eigenvalue weighted by atomic mass is 32.2. The number of hydrogen-bond donors (Lipinski definition) is 2. The molecule has 0 saturated carbocycles. The topological polar surface area (TPSA) is 103 Å². The van der Waals surface area contributed by atoms with Crippen LogP contribution in [-0.2, 0) is 10.0 Å². The van der Waals surface area contributed by atoms with Crippen LogP contribution in [0.4, 0.5) is 15.9 Å². The van der Waals surface area contributed by atoms with Gasteiger partial charge in [-0.25, -0.2) is 22.6 Å². The van der Waals surface area contributed by atoms with Crippen molar-refractivity contribution >= 4 is 27.5 Å². The number of sulfonamides is 1. The number of aromatic carboxylic acids is 1. The Kier molecular flexibility index (Phi) is 6.85. The number of nitrogens with zero attached hydrogens (tertiary/aromatic N) is 3. The highest BCUT2D eigenvalue weighted by molar-refractivity contribution is 7.92. The van der Waals surface area contributed by atoms with Crippen LogP contribution in [0.3, 0.4) is 0 Å². The van der Waals surface area contributed by atoms with Crippen LogP contribution in [-0.4, -0.2) is 62.1 Å². The van der Waals surface area contributed by atoms with E-state index in [0.717, 1.165) is 38.5 Å². The molecule has 2 aliphatic heterocycles. The highest BCUT2D eigenvalue weighted by Gasteiger charge is 2.28. The summed E-state index contributed by atoms with van der Waals surface area (Å²) in [6.07, 6.45) is 5.72. The predicted molar refractivity (Wildman–Crippen MR) is 124 cm³/mol. The molecule has 0 amide bonds. The van der Waals surface area contributed by atoms with Crippen LogP contribution in [0.25, 0.3) is 0 Å². The molecule has 2 fully saturated rings. The number of hydrogen-bond acceptors (Lipinski definition) is 6. The lowest BCUT2D eigenvalue weighted by molar-refractivity contribution is 0.0696. The van der Waals surface area contributed by atoms with Crippen LogP contribution in [0.1, 0.15) is 41.6 Å². The third-order valence-electron chi connectivity index (χ3n) is 6.33. The minimum Gasteiger partial charge on any atom is -0.478 e. The summed E-state index contributed by atoms with van der Waals surface area (Å²) in [7, 11) is -4.16. The summed E-state index contributed by atoms with van der Waals surface area (Å²) in [4.78, 5) is 20.2. The lowest BCUT2D eigenvalue weighted by Gasteiger charge is -2.36. The molecule has 0 aliphatic carbocycles. The van der Waals surface area contributed by atoms with Crippen LogP contribution < -0.4 is 9.62 Å². The van der Waals surface area contributed by atoms with Crippen LogP contribution in [0.5, 0.6) is 0 Å². The summed E-state index contributed by atoms with van der Waals surface area (Å²) in [6, 6.07) is 4.82. The standard InChI is InChI=1S/C23H29FN4O4S/c1-16-6-7-19(24)12-21(16)33(31,32)26-20-11-18(23(29)30)13-25-22(20)28-10-4-5-17(15-28)14-27-8-2-3-9-27/h6-7,11-13,17,26H,2-5,8-10,14-15H2,1H3,(H,29,30)/t17-/m0/s1. The highest BCUT2D eigenvalue weighted by Crippen LogP contribution is 2.32. The molecule has 178 valence electrons. The van der Waals surface area contributed by atoms with Gasteiger partial charge in [0.15, 0.2) is 5.82 Å². The molecule has 4 rings (SSSR count). The molecule has 3 heterocycles. The Bertz CT molecular complexity index is 1140. The molecule has 2 aromatic rings. The number of piperidine rings is 1. The molecule has 8 nitrogen and oxygen atoms in total. The van der Waals surface area contributed by atoms with Crippen molar-refractivity contribution in [3.8, 4) is 0 Å². The van der Waals surface area contributed by atoms with E-state index in [1.807, 2.05) is 4.90 Å². The van der Waals surface area contributed by atoms with Gasteiger partial charge in [0.05, 0.1) is 16.1 Å². The zero-order chi connectivity index (χ0) is 23.6. The number of halogens is 1. The molecule has 0 unspecified atom stereocenters. The van der Waals surface area contributed by atoms with Crippen molar-refractivity contribution in [2.75, 3.05) is 42.3 Å². The second-order valence-corrected chi connectivity index (χ2v) is 10.5. The zero-order valence-electron chi connectivity index (χ0n) is 18.6. The van der Waals surface area contributed by atoms with Gasteiger partial charge in [0.2, 0.25) is 0 Å². The number of benzene rings is 1. The normalized spacial score (nSPS) is 19.6. The number of aryl methyl sites for hydroxylation is 1. The Balaban J connectivity index is 1.63. The Morgan fingerprint density at radius 1 is 1.21 bits per heavy atom. The molecule has 1 aromatic heterocycles. The van der Waals surface area contributed by atoms with Crippen molar-refractivity contribution in [3.05, 3.63) is 47.4 Å². The lowest BCUT2D eigenvalue weighted by atomic mass is 9.97. The van der Waals surface area contributed by atoms with Gasteiger partial charge in [0.25, 0.3) is 10.0 Å². The second-order valence-electron chi connectivity index (χ2n) is 8.88.